The van der Waals surface area contributed by atoms with E-state index in [1.807, 2.05) is 0 Å². The fourth-order valence-corrected chi connectivity index (χ4v) is 3.30. The van der Waals surface area contributed by atoms with E-state index in [1.165, 1.54) is 0 Å². The Bertz CT molecular complexity index is 258. The Morgan fingerprint density at radius 3 is 1.11 bits per heavy atom. The van der Waals surface area contributed by atoms with Crippen LogP contribution < -0.4 is 0 Å². The second kappa shape index (κ2) is 13.5. The molecule has 0 saturated carbocycles. The van der Waals surface area contributed by atoms with E-state index >= 15 is 0 Å². The summed E-state index contributed by atoms with van der Waals surface area (Å²) < 4.78 is 10.9. The van der Waals surface area contributed by atoms with Crippen LogP contribution in [0.15, 0.2) is 0 Å². The Morgan fingerprint density at radius 2 is 1.00 bits per heavy atom. The van der Waals surface area contributed by atoms with Crippen LogP contribution in [-0.2, 0) is 44.3 Å². The third-order valence-corrected chi connectivity index (χ3v) is 5.11. The predicted octanol–water partition coefficient (Wildman–Crippen LogP) is 0.982. The molecule has 12 heteroatoms. The molecule has 7 nitrogen and oxygen atoms in total. The van der Waals surface area contributed by atoms with Crippen molar-refractivity contribution in [2.75, 3.05) is 0 Å². The summed E-state index contributed by atoms with van der Waals surface area (Å²) in [6.45, 7) is -3.41. The van der Waals surface area contributed by atoms with E-state index in [9.17, 15) is 3.40 Å². The van der Waals surface area contributed by atoms with Crippen LogP contribution >= 0.6 is 13.4 Å². The van der Waals surface area contributed by atoms with E-state index in [-0.39, 0.29) is 0 Å². The monoisotopic (exact) mass is 428 g/mol. The molecule has 0 rings (SSSR count). The van der Waals surface area contributed by atoms with Crippen LogP contribution in [0.2, 0.25) is 9.62 Å². The molecule has 0 bridgehead atoms. The zero-order valence-corrected chi connectivity index (χ0v) is 15.5. The smallest absolute Gasteiger partial charge is 0.319 e. The molecule has 6 N–H and O–H groups in total. The van der Waals surface area contributed by atoms with Crippen molar-refractivity contribution in [2.24, 2.45) is 0 Å². The van der Waals surface area contributed by atoms with Gasteiger partial charge in [0.2, 0.25) is 0 Å². The van der Waals surface area contributed by atoms with Gasteiger partial charge in [0.15, 0.2) is 0 Å². The molecule has 0 heterocycles. The van der Waals surface area contributed by atoms with E-state index in [4.69, 9.17) is 29.4 Å². The summed E-state index contributed by atoms with van der Waals surface area (Å²) in [5.74, 6) is 0. The molecular weight excluding hydrogens is 406 g/mol. The number of hydrogen-bond donors (Lipinski definition) is 6. The van der Waals surface area contributed by atoms with Crippen LogP contribution in [-0.4, -0.2) is 29.4 Å². The van der Waals surface area contributed by atoms with E-state index in [1.54, 1.807) is 0 Å². The molecule has 0 aliphatic heterocycles. The van der Waals surface area contributed by atoms with Crippen LogP contribution in [0, 0.1) is 0 Å². The zero-order valence-electron chi connectivity index (χ0n) is 10.0. The van der Waals surface area contributed by atoms with Gasteiger partial charge in [0.05, 0.1) is 0 Å². The maximum absolute atomic E-state index is 10.9. The third-order valence-electron chi connectivity index (χ3n) is 0.864. The first kappa shape index (κ1) is 24.6. The summed E-state index contributed by atoms with van der Waals surface area (Å²) in [5, 5.41) is 0. The van der Waals surface area contributed by atoms with Crippen LogP contribution in [0.3, 0.4) is 0 Å². The standard InChI is InChI=1S/2C3H7.Mo.2H3O3PS.O/c2*1-3-2;;2*1-4(2,3)5;/h2*1,3H2,2H3;;2*(H3,1,2,3,5);. The van der Waals surface area contributed by atoms with E-state index in [0.29, 0.717) is 0 Å². The molecule has 0 amide bonds. The van der Waals surface area contributed by atoms with Crippen molar-refractivity contribution in [1.29, 1.82) is 0 Å². The molecule has 18 heavy (non-hydrogen) atoms. The minimum absolute atomic E-state index is 1.02. The molecule has 0 aliphatic rings. The van der Waals surface area contributed by atoms with Gasteiger partial charge in [-0.2, -0.15) is 0 Å². The van der Waals surface area contributed by atoms with Crippen LogP contribution in [0.25, 0.3) is 0 Å². The van der Waals surface area contributed by atoms with Gasteiger partial charge >= 0.3 is 70.4 Å². The molecule has 0 aliphatic carbocycles. The maximum Gasteiger partial charge on any atom is 0.319 e. The van der Waals surface area contributed by atoms with Gasteiger partial charge in [-0.15, -0.1) is 0 Å². The van der Waals surface area contributed by atoms with Crippen LogP contribution in [0.5, 0.6) is 0 Å². The molecule has 0 atom stereocenters. The Balaban J connectivity index is -0.000000197. The number of hydrogen-bond acceptors (Lipinski definition) is 3. The largest absolute Gasteiger partial charge is 0.325 e. The minimum Gasteiger partial charge on any atom is -0.325 e. The van der Waals surface area contributed by atoms with Crippen molar-refractivity contribution in [3.8, 4) is 0 Å². The summed E-state index contributed by atoms with van der Waals surface area (Å²) >= 11 is 5.50. The van der Waals surface area contributed by atoms with E-state index in [0.717, 1.165) is 22.5 Å². The summed E-state index contributed by atoms with van der Waals surface area (Å²) in [6.07, 6.45) is 2.22. The van der Waals surface area contributed by atoms with Gasteiger partial charge in [-0.25, -0.2) is 0 Å². The van der Waals surface area contributed by atoms with Gasteiger partial charge in [0.25, 0.3) is 0 Å². The normalized spacial score (nSPS) is 11.2. The molecule has 0 radical (unpaired) electrons. The van der Waals surface area contributed by atoms with Crippen molar-refractivity contribution in [3.63, 3.8) is 0 Å². The molecule has 0 saturated heterocycles. The average molecular weight is 426 g/mol. The molecule has 114 valence electrons. The molecule has 0 spiro atoms. The van der Waals surface area contributed by atoms with Crippen molar-refractivity contribution in [1.82, 2.24) is 0 Å². The zero-order chi connectivity index (χ0) is 15.4. The molecule has 0 unspecified atom stereocenters. The Labute approximate surface area is 123 Å². The SMILES string of the molecule is CC[CH2][Mo](=[O])[CH2]CC.OP(O)(O)=S.OP(O)(O)=S. The van der Waals surface area contributed by atoms with Gasteiger partial charge in [-0.05, 0) is 23.6 Å². The first-order valence-electron chi connectivity index (χ1n) is 4.72. The van der Waals surface area contributed by atoms with Gasteiger partial charge in [-0.3, -0.25) is 0 Å². The maximum atomic E-state index is 10.9. The fourth-order valence-electron chi connectivity index (χ4n) is 0.557. The van der Waals surface area contributed by atoms with Crippen molar-refractivity contribution >= 4 is 37.1 Å². The average Bonchev–Trinajstić information content (AvgIpc) is 1.97. The van der Waals surface area contributed by atoms with Gasteiger partial charge in [0.1, 0.15) is 0 Å². The van der Waals surface area contributed by atoms with Crippen molar-refractivity contribution in [2.45, 2.75) is 36.3 Å². The van der Waals surface area contributed by atoms with Crippen LogP contribution in [0.4, 0.5) is 0 Å². The first-order chi connectivity index (χ1) is 7.81. The summed E-state index contributed by atoms with van der Waals surface area (Å²) in [6, 6.07) is 0. The van der Waals surface area contributed by atoms with Crippen molar-refractivity contribution < 1.29 is 50.0 Å². The predicted molar refractivity (Wildman–Crippen MR) is 72.8 cm³/mol. The van der Waals surface area contributed by atoms with E-state index < -0.39 is 30.7 Å². The molecular formula is C6H20MoO7P2S2. The van der Waals surface area contributed by atoms with E-state index in [2.05, 4.69) is 37.5 Å². The topological polar surface area (TPSA) is 138 Å². The Morgan fingerprint density at radius 1 is 0.833 bits per heavy atom. The van der Waals surface area contributed by atoms with Gasteiger partial charge in [-0.1, -0.05) is 0 Å². The van der Waals surface area contributed by atoms with Crippen molar-refractivity contribution in [3.05, 3.63) is 0 Å². The summed E-state index contributed by atoms with van der Waals surface area (Å²) in [7, 11) is 0. The quantitative estimate of drug-likeness (QED) is 0.287. The molecule has 0 fully saturated rings. The Hall–Kier alpha value is 1.55. The van der Waals surface area contributed by atoms with Gasteiger partial charge < -0.3 is 29.4 Å². The minimum atomic E-state index is -3.81. The Kier molecular flexibility index (Phi) is 18.5. The molecule has 0 aromatic carbocycles. The second-order valence-corrected chi connectivity index (χ2v) is 12.0. The fraction of sp³-hybridized carbons (Fsp3) is 1.00. The molecule has 0 aromatic heterocycles. The third kappa shape index (κ3) is 84.3. The first-order valence-corrected chi connectivity index (χ1v) is 13.7. The van der Waals surface area contributed by atoms with Crippen LogP contribution in [0.1, 0.15) is 26.7 Å². The second-order valence-electron chi connectivity index (χ2n) is 2.87. The summed E-state index contributed by atoms with van der Waals surface area (Å²) in [5.41, 5.74) is 0. The van der Waals surface area contributed by atoms with Gasteiger partial charge in [0, 0.05) is 0 Å². The number of rotatable bonds is 4. The molecule has 0 aromatic rings. The summed E-state index contributed by atoms with van der Waals surface area (Å²) in [4.78, 5) is 47.4.